The first-order chi connectivity index (χ1) is 7.24. The quantitative estimate of drug-likeness (QED) is 0.738. The van der Waals surface area contributed by atoms with Crippen molar-refractivity contribution in [2.24, 2.45) is 0 Å². The Labute approximate surface area is 99.7 Å². The standard InChI is InChI=1S/C12H17BrO2/c1-10-5-6-11(13)9-12(10)15-8-4-3-7-14-2/h5-6,9H,3-4,7-8H2,1-2H3. The summed E-state index contributed by atoms with van der Waals surface area (Å²) in [6.45, 7) is 3.61. The highest BCUT2D eigenvalue weighted by atomic mass is 79.9. The van der Waals surface area contributed by atoms with Crippen molar-refractivity contribution in [1.29, 1.82) is 0 Å². The molecule has 84 valence electrons. The Morgan fingerprint density at radius 1 is 1.20 bits per heavy atom. The second kappa shape index (κ2) is 6.85. The minimum Gasteiger partial charge on any atom is -0.493 e. The molecule has 0 saturated carbocycles. The fraction of sp³-hybridized carbons (Fsp3) is 0.500. The largest absolute Gasteiger partial charge is 0.493 e. The highest BCUT2D eigenvalue weighted by Crippen LogP contribution is 2.22. The maximum Gasteiger partial charge on any atom is 0.123 e. The van der Waals surface area contributed by atoms with E-state index in [1.165, 1.54) is 5.56 Å². The first-order valence-corrected chi connectivity index (χ1v) is 5.91. The summed E-state index contributed by atoms with van der Waals surface area (Å²) in [4.78, 5) is 0. The van der Waals surface area contributed by atoms with Crippen molar-refractivity contribution in [2.45, 2.75) is 19.8 Å². The fourth-order valence-corrected chi connectivity index (χ4v) is 1.60. The summed E-state index contributed by atoms with van der Waals surface area (Å²) in [5.41, 5.74) is 1.17. The average molecular weight is 273 g/mol. The van der Waals surface area contributed by atoms with Gasteiger partial charge in [-0.15, -0.1) is 0 Å². The van der Waals surface area contributed by atoms with Crippen LogP contribution in [0.25, 0.3) is 0 Å². The number of ether oxygens (including phenoxy) is 2. The van der Waals surface area contributed by atoms with Gasteiger partial charge in [0, 0.05) is 18.2 Å². The Morgan fingerprint density at radius 2 is 1.93 bits per heavy atom. The van der Waals surface area contributed by atoms with Gasteiger partial charge < -0.3 is 9.47 Å². The number of halogens is 1. The second-order valence-corrected chi connectivity index (χ2v) is 4.37. The molecule has 0 unspecified atom stereocenters. The van der Waals surface area contributed by atoms with Crippen molar-refractivity contribution in [3.8, 4) is 5.75 Å². The van der Waals surface area contributed by atoms with Gasteiger partial charge in [-0.05, 0) is 37.5 Å². The zero-order chi connectivity index (χ0) is 11.1. The van der Waals surface area contributed by atoms with Gasteiger partial charge in [-0.2, -0.15) is 0 Å². The maximum absolute atomic E-state index is 5.68. The summed E-state index contributed by atoms with van der Waals surface area (Å²) in [6, 6.07) is 6.08. The lowest BCUT2D eigenvalue weighted by molar-refractivity contribution is 0.184. The van der Waals surface area contributed by atoms with Crippen molar-refractivity contribution in [3.63, 3.8) is 0 Å². The van der Waals surface area contributed by atoms with Crippen LogP contribution in [0, 0.1) is 6.92 Å². The lowest BCUT2D eigenvalue weighted by atomic mass is 10.2. The first-order valence-electron chi connectivity index (χ1n) is 5.12. The van der Waals surface area contributed by atoms with Crippen molar-refractivity contribution in [1.82, 2.24) is 0 Å². The highest BCUT2D eigenvalue weighted by Gasteiger charge is 1.99. The number of aryl methyl sites for hydroxylation is 1. The summed E-state index contributed by atoms with van der Waals surface area (Å²) in [5, 5.41) is 0. The van der Waals surface area contributed by atoms with Crippen LogP contribution < -0.4 is 4.74 Å². The summed E-state index contributed by atoms with van der Waals surface area (Å²) in [5.74, 6) is 0.960. The van der Waals surface area contributed by atoms with Gasteiger partial charge in [0.25, 0.3) is 0 Å². The predicted molar refractivity (Wildman–Crippen MR) is 65.5 cm³/mol. The highest BCUT2D eigenvalue weighted by molar-refractivity contribution is 9.10. The smallest absolute Gasteiger partial charge is 0.123 e. The molecule has 0 N–H and O–H groups in total. The van der Waals surface area contributed by atoms with Crippen molar-refractivity contribution in [3.05, 3.63) is 28.2 Å². The molecule has 3 heteroatoms. The van der Waals surface area contributed by atoms with Crippen LogP contribution in [0.5, 0.6) is 5.75 Å². The van der Waals surface area contributed by atoms with Crippen molar-refractivity contribution in [2.75, 3.05) is 20.3 Å². The minimum atomic E-state index is 0.751. The van der Waals surface area contributed by atoms with E-state index < -0.39 is 0 Å². The van der Waals surface area contributed by atoms with Gasteiger partial charge in [0.1, 0.15) is 5.75 Å². The predicted octanol–water partition coefficient (Wildman–Crippen LogP) is 3.56. The lowest BCUT2D eigenvalue weighted by Gasteiger charge is -2.09. The van der Waals surface area contributed by atoms with E-state index in [0.29, 0.717) is 0 Å². The van der Waals surface area contributed by atoms with Gasteiger partial charge in [-0.25, -0.2) is 0 Å². The topological polar surface area (TPSA) is 18.5 Å². The SMILES string of the molecule is COCCCCOc1cc(Br)ccc1C. The van der Waals surface area contributed by atoms with Crippen LogP contribution in [0.1, 0.15) is 18.4 Å². The molecule has 0 aromatic heterocycles. The number of benzene rings is 1. The zero-order valence-electron chi connectivity index (χ0n) is 9.25. The molecule has 1 aromatic carbocycles. The third kappa shape index (κ3) is 4.67. The monoisotopic (exact) mass is 272 g/mol. The van der Waals surface area contributed by atoms with Gasteiger partial charge in [0.15, 0.2) is 0 Å². The van der Waals surface area contributed by atoms with E-state index in [0.717, 1.165) is 36.3 Å². The Morgan fingerprint density at radius 3 is 2.67 bits per heavy atom. The molecule has 0 aliphatic carbocycles. The number of rotatable bonds is 6. The normalized spacial score (nSPS) is 10.3. The fourth-order valence-electron chi connectivity index (χ4n) is 1.26. The second-order valence-electron chi connectivity index (χ2n) is 3.46. The lowest BCUT2D eigenvalue weighted by Crippen LogP contribution is -2.00. The Hall–Kier alpha value is -0.540. The van der Waals surface area contributed by atoms with Gasteiger partial charge in [0.05, 0.1) is 6.61 Å². The summed E-state index contributed by atoms with van der Waals surface area (Å²) < 4.78 is 11.7. The number of unbranched alkanes of at least 4 members (excludes halogenated alkanes) is 1. The molecule has 0 bridgehead atoms. The molecule has 1 aromatic rings. The molecule has 15 heavy (non-hydrogen) atoms. The van der Waals surface area contributed by atoms with E-state index in [1.807, 2.05) is 12.1 Å². The van der Waals surface area contributed by atoms with Gasteiger partial charge in [-0.3, -0.25) is 0 Å². The van der Waals surface area contributed by atoms with Crippen molar-refractivity contribution >= 4 is 15.9 Å². The Bertz CT molecular complexity index is 300. The molecular formula is C12H17BrO2. The number of methoxy groups -OCH3 is 1. The molecule has 1 rings (SSSR count). The molecule has 0 atom stereocenters. The molecular weight excluding hydrogens is 256 g/mol. The van der Waals surface area contributed by atoms with Crippen LogP contribution in [0.4, 0.5) is 0 Å². The zero-order valence-corrected chi connectivity index (χ0v) is 10.8. The molecule has 0 saturated heterocycles. The average Bonchev–Trinajstić information content (AvgIpc) is 2.23. The molecule has 0 radical (unpaired) electrons. The summed E-state index contributed by atoms with van der Waals surface area (Å²) >= 11 is 3.43. The Balaban J connectivity index is 2.33. The van der Waals surface area contributed by atoms with E-state index in [4.69, 9.17) is 9.47 Å². The van der Waals surface area contributed by atoms with Crippen LogP contribution in [0.15, 0.2) is 22.7 Å². The summed E-state index contributed by atoms with van der Waals surface area (Å²) in [6.07, 6.45) is 2.07. The number of hydrogen-bond acceptors (Lipinski definition) is 2. The minimum absolute atomic E-state index is 0.751. The van der Waals surface area contributed by atoms with E-state index >= 15 is 0 Å². The van der Waals surface area contributed by atoms with E-state index in [2.05, 4.69) is 28.9 Å². The molecule has 0 spiro atoms. The van der Waals surface area contributed by atoms with Gasteiger partial charge in [-0.1, -0.05) is 22.0 Å². The Kier molecular flexibility index (Phi) is 5.73. The molecule has 2 nitrogen and oxygen atoms in total. The van der Waals surface area contributed by atoms with E-state index in [9.17, 15) is 0 Å². The van der Waals surface area contributed by atoms with Crippen LogP contribution in [0.3, 0.4) is 0 Å². The van der Waals surface area contributed by atoms with E-state index in [1.54, 1.807) is 7.11 Å². The van der Waals surface area contributed by atoms with Crippen LogP contribution in [-0.2, 0) is 4.74 Å². The molecule has 0 aliphatic heterocycles. The maximum atomic E-state index is 5.68. The van der Waals surface area contributed by atoms with Crippen LogP contribution in [-0.4, -0.2) is 20.3 Å². The first kappa shape index (κ1) is 12.5. The van der Waals surface area contributed by atoms with Crippen LogP contribution in [0.2, 0.25) is 0 Å². The van der Waals surface area contributed by atoms with Gasteiger partial charge in [0.2, 0.25) is 0 Å². The number of hydrogen-bond donors (Lipinski definition) is 0. The third-order valence-corrected chi connectivity index (χ3v) is 2.64. The molecule has 0 fully saturated rings. The molecule has 0 heterocycles. The van der Waals surface area contributed by atoms with Gasteiger partial charge >= 0.3 is 0 Å². The van der Waals surface area contributed by atoms with Crippen molar-refractivity contribution < 1.29 is 9.47 Å². The molecule has 0 amide bonds. The summed E-state index contributed by atoms with van der Waals surface area (Å²) in [7, 11) is 1.72. The third-order valence-electron chi connectivity index (χ3n) is 2.15. The van der Waals surface area contributed by atoms with E-state index in [-0.39, 0.29) is 0 Å². The van der Waals surface area contributed by atoms with Crippen LogP contribution >= 0.6 is 15.9 Å². The molecule has 0 aliphatic rings.